The highest BCUT2D eigenvalue weighted by atomic mass is 16.3. The highest BCUT2D eigenvalue weighted by molar-refractivity contribution is 5.80. The van der Waals surface area contributed by atoms with Crippen LogP contribution in [0.3, 0.4) is 0 Å². The van der Waals surface area contributed by atoms with Crippen molar-refractivity contribution in [2.24, 2.45) is 10.9 Å². The molecule has 1 atom stereocenters. The Morgan fingerprint density at radius 2 is 2.05 bits per heavy atom. The van der Waals surface area contributed by atoms with Gasteiger partial charge >= 0.3 is 0 Å². The molecule has 0 radical (unpaired) electrons. The lowest BCUT2D eigenvalue weighted by molar-refractivity contribution is -0.123. The van der Waals surface area contributed by atoms with Crippen molar-refractivity contribution in [2.75, 3.05) is 19.8 Å². The van der Waals surface area contributed by atoms with E-state index in [0.29, 0.717) is 12.2 Å². The van der Waals surface area contributed by atoms with Gasteiger partial charge in [-0.15, -0.1) is 0 Å². The van der Waals surface area contributed by atoms with Gasteiger partial charge in [-0.25, -0.2) is 0 Å². The first-order valence-corrected chi connectivity index (χ1v) is 6.48. The third-order valence-corrected chi connectivity index (χ3v) is 2.92. The SMILES string of the molecule is C=N/C=C\C(=C/C)NC(=O)C(C)CNC(C)(CO)CO. The van der Waals surface area contributed by atoms with Gasteiger partial charge in [0.2, 0.25) is 5.91 Å². The van der Waals surface area contributed by atoms with Gasteiger partial charge in [0.15, 0.2) is 0 Å². The van der Waals surface area contributed by atoms with Crippen LogP contribution in [0, 0.1) is 5.92 Å². The second-order valence-electron chi connectivity index (χ2n) is 4.89. The summed E-state index contributed by atoms with van der Waals surface area (Å²) in [5, 5.41) is 24.1. The van der Waals surface area contributed by atoms with Crippen molar-refractivity contribution in [1.82, 2.24) is 10.6 Å². The number of rotatable bonds is 9. The van der Waals surface area contributed by atoms with E-state index in [1.807, 2.05) is 0 Å². The Morgan fingerprint density at radius 3 is 2.50 bits per heavy atom. The van der Waals surface area contributed by atoms with E-state index in [1.165, 1.54) is 6.20 Å². The standard InChI is InChI=1S/C14H25N3O3/c1-5-12(6-7-15-4)17-13(20)11(2)8-16-14(3,9-18)10-19/h5-7,11,16,18-19H,4,8-10H2,1-3H3,(H,17,20)/b7-6-,12-5+. The fourth-order valence-electron chi connectivity index (χ4n) is 1.26. The molecule has 0 aliphatic carbocycles. The number of aliphatic hydroxyl groups is 2. The van der Waals surface area contributed by atoms with Gasteiger partial charge in [-0.3, -0.25) is 9.79 Å². The molecule has 114 valence electrons. The van der Waals surface area contributed by atoms with Gasteiger partial charge < -0.3 is 20.8 Å². The van der Waals surface area contributed by atoms with Gasteiger partial charge in [0.1, 0.15) is 0 Å². The smallest absolute Gasteiger partial charge is 0.228 e. The molecule has 6 heteroatoms. The summed E-state index contributed by atoms with van der Waals surface area (Å²) in [7, 11) is 0. The number of carbonyl (C=O) groups is 1. The maximum atomic E-state index is 12.0. The molecule has 20 heavy (non-hydrogen) atoms. The topological polar surface area (TPSA) is 94.0 Å². The van der Waals surface area contributed by atoms with Crippen LogP contribution in [0.4, 0.5) is 0 Å². The summed E-state index contributed by atoms with van der Waals surface area (Å²) in [6.45, 7) is 8.53. The van der Waals surface area contributed by atoms with Crippen molar-refractivity contribution in [2.45, 2.75) is 26.3 Å². The second-order valence-corrected chi connectivity index (χ2v) is 4.89. The lowest BCUT2D eigenvalue weighted by Crippen LogP contribution is -2.51. The molecule has 0 aromatic heterocycles. The normalized spacial score (nSPS) is 14.3. The molecule has 0 spiro atoms. The third kappa shape index (κ3) is 6.60. The van der Waals surface area contributed by atoms with Crippen LogP contribution < -0.4 is 10.6 Å². The zero-order valence-electron chi connectivity index (χ0n) is 12.4. The zero-order valence-corrected chi connectivity index (χ0v) is 12.4. The molecular formula is C14H25N3O3. The zero-order chi connectivity index (χ0) is 15.6. The number of amides is 1. The Kier molecular flexibility index (Phi) is 8.71. The number of nitrogens with zero attached hydrogens (tertiary/aromatic N) is 1. The van der Waals surface area contributed by atoms with Gasteiger partial charge in [-0.1, -0.05) is 13.0 Å². The van der Waals surface area contributed by atoms with Gasteiger partial charge in [-0.2, -0.15) is 0 Å². The maximum Gasteiger partial charge on any atom is 0.228 e. The van der Waals surface area contributed by atoms with Crippen molar-refractivity contribution in [3.05, 3.63) is 24.0 Å². The minimum Gasteiger partial charge on any atom is -0.394 e. The quantitative estimate of drug-likeness (QED) is 0.359. The van der Waals surface area contributed by atoms with Crippen LogP contribution in [0.1, 0.15) is 20.8 Å². The van der Waals surface area contributed by atoms with Crippen LogP contribution in [0.15, 0.2) is 29.0 Å². The predicted molar refractivity (Wildman–Crippen MR) is 80.3 cm³/mol. The summed E-state index contributed by atoms with van der Waals surface area (Å²) in [5.74, 6) is -0.468. The van der Waals surface area contributed by atoms with Crippen LogP contribution in [0.2, 0.25) is 0 Å². The number of aliphatic imine (C=N–C) groups is 1. The number of aliphatic hydroxyl groups excluding tert-OH is 2. The first-order chi connectivity index (χ1) is 9.42. The average Bonchev–Trinajstić information content (AvgIpc) is 2.48. The van der Waals surface area contributed by atoms with Crippen molar-refractivity contribution >= 4 is 12.6 Å². The molecule has 0 aromatic carbocycles. The molecule has 0 fully saturated rings. The fourth-order valence-corrected chi connectivity index (χ4v) is 1.26. The molecule has 1 amide bonds. The monoisotopic (exact) mass is 283 g/mol. The Balaban J connectivity index is 4.42. The van der Waals surface area contributed by atoms with Gasteiger partial charge in [-0.05, 0) is 26.6 Å². The summed E-state index contributed by atoms with van der Waals surface area (Å²) in [4.78, 5) is 15.5. The molecular weight excluding hydrogens is 258 g/mol. The van der Waals surface area contributed by atoms with E-state index in [0.717, 1.165) is 0 Å². The Hall–Kier alpha value is -1.50. The van der Waals surface area contributed by atoms with E-state index < -0.39 is 5.54 Å². The number of allylic oxidation sites excluding steroid dienone is 2. The first kappa shape index (κ1) is 18.5. The highest BCUT2D eigenvalue weighted by Gasteiger charge is 2.23. The summed E-state index contributed by atoms with van der Waals surface area (Å²) in [5.41, 5.74) is -0.147. The van der Waals surface area contributed by atoms with Gasteiger partial charge in [0, 0.05) is 24.4 Å². The minimum atomic E-state index is -0.787. The molecule has 0 aromatic rings. The summed E-state index contributed by atoms with van der Waals surface area (Å²) in [6.07, 6.45) is 4.90. The van der Waals surface area contributed by atoms with E-state index >= 15 is 0 Å². The number of nitrogens with one attached hydrogen (secondary N) is 2. The molecule has 0 saturated carbocycles. The highest BCUT2D eigenvalue weighted by Crippen LogP contribution is 2.04. The lowest BCUT2D eigenvalue weighted by Gasteiger charge is -2.27. The number of hydrogen-bond acceptors (Lipinski definition) is 5. The molecule has 1 unspecified atom stereocenters. The average molecular weight is 283 g/mol. The minimum absolute atomic E-state index is 0.155. The van der Waals surface area contributed by atoms with Crippen molar-refractivity contribution in [3.8, 4) is 0 Å². The van der Waals surface area contributed by atoms with E-state index in [9.17, 15) is 4.79 Å². The lowest BCUT2D eigenvalue weighted by atomic mass is 10.0. The first-order valence-electron chi connectivity index (χ1n) is 6.48. The Morgan fingerprint density at radius 1 is 1.45 bits per heavy atom. The maximum absolute atomic E-state index is 12.0. The summed E-state index contributed by atoms with van der Waals surface area (Å²) < 4.78 is 0. The summed E-state index contributed by atoms with van der Waals surface area (Å²) >= 11 is 0. The predicted octanol–water partition coefficient (Wildman–Crippen LogP) is 0.190. The van der Waals surface area contributed by atoms with Gasteiger partial charge in [0.25, 0.3) is 0 Å². The van der Waals surface area contributed by atoms with Crippen LogP contribution >= 0.6 is 0 Å². The molecule has 0 heterocycles. The van der Waals surface area contributed by atoms with Crippen LogP contribution in [-0.2, 0) is 4.79 Å². The van der Waals surface area contributed by atoms with Crippen LogP contribution in [0.25, 0.3) is 0 Å². The number of hydrogen-bond donors (Lipinski definition) is 4. The third-order valence-electron chi connectivity index (χ3n) is 2.92. The molecule has 0 saturated heterocycles. The van der Waals surface area contributed by atoms with Crippen molar-refractivity contribution in [1.29, 1.82) is 0 Å². The van der Waals surface area contributed by atoms with E-state index in [-0.39, 0.29) is 25.0 Å². The molecule has 0 aliphatic rings. The second kappa shape index (κ2) is 9.41. The van der Waals surface area contributed by atoms with Crippen LogP contribution in [-0.4, -0.2) is 48.1 Å². The van der Waals surface area contributed by atoms with Gasteiger partial charge in [0.05, 0.1) is 18.8 Å². The van der Waals surface area contributed by atoms with Crippen LogP contribution in [0.5, 0.6) is 0 Å². The van der Waals surface area contributed by atoms with Crippen molar-refractivity contribution in [3.63, 3.8) is 0 Å². The Labute approximate surface area is 120 Å². The largest absolute Gasteiger partial charge is 0.394 e. The molecule has 6 nitrogen and oxygen atoms in total. The molecule has 0 bridgehead atoms. The van der Waals surface area contributed by atoms with Crippen molar-refractivity contribution < 1.29 is 15.0 Å². The molecule has 0 rings (SSSR count). The van der Waals surface area contributed by atoms with E-state index in [1.54, 1.807) is 32.9 Å². The molecule has 0 aliphatic heterocycles. The Bertz CT molecular complexity index is 374. The van der Waals surface area contributed by atoms with E-state index in [4.69, 9.17) is 10.2 Å². The molecule has 4 N–H and O–H groups in total. The summed E-state index contributed by atoms with van der Waals surface area (Å²) in [6, 6.07) is 0. The fraction of sp³-hybridized carbons (Fsp3) is 0.571. The van der Waals surface area contributed by atoms with E-state index in [2.05, 4.69) is 22.3 Å². The number of carbonyl (C=O) groups excluding carboxylic acids is 1.